The normalized spacial score (nSPS) is 10.3. The van der Waals surface area contributed by atoms with Crippen molar-refractivity contribution >= 4 is 5.91 Å². The minimum Gasteiger partial charge on any atom is -0.507 e. The Morgan fingerprint density at radius 1 is 1.39 bits per heavy atom. The van der Waals surface area contributed by atoms with Crippen molar-refractivity contribution in [1.29, 1.82) is 0 Å². The summed E-state index contributed by atoms with van der Waals surface area (Å²) in [4.78, 5) is 11.9. The van der Waals surface area contributed by atoms with Crippen molar-refractivity contribution in [3.63, 3.8) is 0 Å². The summed E-state index contributed by atoms with van der Waals surface area (Å²) in [5, 5.41) is 12.5. The van der Waals surface area contributed by atoms with Gasteiger partial charge in [-0.3, -0.25) is 4.79 Å². The van der Waals surface area contributed by atoms with Crippen LogP contribution in [0.15, 0.2) is 36.7 Å². The Morgan fingerprint density at radius 2 is 2.17 bits per heavy atom. The lowest BCUT2D eigenvalue weighted by atomic mass is 10.1. The lowest BCUT2D eigenvalue weighted by Gasteiger charge is -2.06. The van der Waals surface area contributed by atoms with Crippen molar-refractivity contribution in [2.24, 2.45) is 7.05 Å². The molecule has 4 nitrogen and oxygen atoms in total. The zero-order chi connectivity index (χ0) is 13.1. The van der Waals surface area contributed by atoms with Crippen LogP contribution in [0.5, 0.6) is 5.75 Å². The smallest absolute Gasteiger partial charge is 0.255 e. The van der Waals surface area contributed by atoms with E-state index in [1.807, 2.05) is 37.0 Å². The highest BCUT2D eigenvalue weighted by atomic mass is 16.3. The molecule has 0 spiro atoms. The van der Waals surface area contributed by atoms with Gasteiger partial charge in [0.15, 0.2) is 0 Å². The molecule has 0 saturated carbocycles. The number of hydrogen-bond donors (Lipinski definition) is 2. The number of hydrogen-bond acceptors (Lipinski definition) is 2. The predicted molar refractivity (Wildman–Crippen MR) is 69.4 cm³/mol. The molecule has 0 fully saturated rings. The molecule has 0 atom stereocenters. The van der Waals surface area contributed by atoms with E-state index in [0.717, 1.165) is 11.1 Å². The topological polar surface area (TPSA) is 54.3 Å². The third-order valence-corrected chi connectivity index (χ3v) is 2.74. The van der Waals surface area contributed by atoms with Crippen molar-refractivity contribution in [2.75, 3.05) is 0 Å². The number of benzene rings is 1. The van der Waals surface area contributed by atoms with Crippen LogP contribution in [0.25, 0.3) is 0 Å². The monoisotopic (exact) mass is 244 g/mol. The number of aromatic nitrogens is 1. The number of phenols is 1. The number of carbonyl (C=O) groups excluding carboxylic acids is 1. The van der Waals surface area contributed by atoms with Gasteiger partial charge in [0.2, 0.25) is 0 Å². The van der Waals surface area contributed by atoms with Gasteiger partial charge in [0.1, 0.15) is 5.75 Å². The zero-order valence-electron chi connectivity index (χ0n) is 10.5. The van der Waals surface area contributed by atoms with E-state index < -0.39 is 0 Å². The van der Waals surface area contributed by atoms with Gasteiger partial charge < -0.3 is 15.0 Å². The maximum Gasteiger partial charge on any atom is 0.255 e. The molecule has 2 aromatic rings. The number of carbonyl (C=O) groups is 1. The summed E-state index contributed by atoms with van der Waals surface area (Å²) in [6, 6.07) is 6.95. The first-order valence-corrected chi connectivity index (χ1v) is 5.75. The van der Waals surface area contributed by atoms with Crippen molar-refractivity contribution in [2.45, 2.75) is 13.5 Å². The molecule has 4 heteroatoms. The quantitative estimate of drug-likeness (QED) is 0.867. The largest absolute Gasteiger partial charge is 0.507 e. The third-order valence-electron chi connectivity index (χ3n) is 2.74. The van der Waals surface area contributed by atoms with Crippen LogP contribution >= 0.6 is 0 Å². The summed E-state index contributed by atoms with van der Waals surface area (Å²) in [6.07, 6.45) is 3.86. The van der Waals surface area contributed by atoms with Crippen LogP contribution in [0.3, 0.4) is 0 Å². The number of aryl methyl sites for hydroxylation is 2. The predicted octanol–water partition coefficient (Wildman–Crippen LogP) is 1.97. The van der Waals surface area contributed by atoms with E-state index in [1.54, 1.807) is 18.2 Å². The first-order chi connectivity index (χ1) is 8.56. The number of aromatic hydroxyl groups is 1. The number of phenolic OH excluding ortho intramolecular Hbond substituents is 1. The Hall–Kier alpha value is -2.23. The molecule has 0 bridgehead atoms. The summed E-state index contributed by atoms with van der Waals surface area (Å²) in [6.45, 7) is 2.32. The molecule has 1 aromatic carbocycles. The molecular weight excluding hydrogens is 228 g/mol. The fraction of sp³-hybridized carbons (Fsp3) is 0.214. The summed E-state index contributed by atoms with van der Waals surface area (Å²) >= 11 is 0. The highest BCUT2D eigenvalue weighted by Gasteiger charge is 2.10. The van der Waals surface area contributed by atoms with E-state index in [4.69, 9.17) is 0 Å². The maximum absolute atomic E-state index is 11.9. The Morgan fingerprint density at radius 3 is 2.78 bits per heavy atom. The Balaban J connectivity index is 2.03. The molecule has 94 valence electrons. The van der Waals surface area contributed by atoms with Crippen LogP contribution in [0.4, 0.5) is 0 Å². The van der Waals surface area contributed by atoms with E-state index in [-0.39, 0.29) is 11.7 Å². The SMILES string of the molecule is Cc1ccc(C(=O)NCc2ccn(C)c2)c(O)c1. The number of amides is 1. The fourth-order valence-corrected chi connectivity index (χ4v) is 1.78. The Bertz CT molecular complexity index is 573. The summed E-state index contributed by atoms with van der Waals surface area (Å²) in [7, 11) is 1.93. The van der Waals surface area contributed by atoms with E-state index in [1.165, 1.54) is 0 Å². The molecular formula is C14H16N2O2. The average molecular weight is 244 g/mol. The lowest BCUT2D eigenvalue weighted by molar-refractivity contribution is 0.0948. The average Bonchev–Trinajstić information content (AvgIpc) is 2.72. The standard InChI is InChI=1S/C14H16N2O2/c1-10-3-4-12(13(17)7-10)14(18)15-8-11-5-6-16(2)9-11/h3-7,9,17H,8H2,1-2H3,(H,15,18). The molecule has 1 aromatic heterocycles. The molecule has 1 heterocycles. The van der Waals surface area contributed by atoms with Crippen LogP contribution in [0, 0.1) is 6.92 Å². The molecule has 18 heavy (non-hydrogen) atoms. The second-order valence-corrected chi connectivity index (χ2v) is 4.39. The molecule has 2 N–H and O–H groups in total. The molecule has 0 radical (unpaired) electrons. The highest BCUT2D eigenvalue weighted by molar-refractivity contribution is 5.96. The lowest BCUT2D eigenvalue weighted by Crippen LogP contribution is -2.22. The summed E-state index contributed by atoms with van der Waals surface area (Å²) < 4.78 is 1.92. The van der Waals surface area contributed by atoms with E-state index in [0.29, 0.717) is 12.1 Å². The van der Waals surface area contributed by atoms with Crippen LogP contribution in [-0.4, -0.2) is 15.6 Å². The van der Waals surface area contributed by atoms with Gasteiger partial charge in [-0.2, -0.15) is 0 Å². The number of nitrogens with one attached hydrogen (secondary N) is 1. The first kappa shape index (κ1) is 12.2. The van der Waals surface area contributed by atoms with Crippen molar-refractivity contribution < 1.29 is 9.90 Å². The molecule has 0 aliphatic heterocycles. The maximum atomic E-state index is 11.9. The number of rotatable bonds is 3. The zero-order valence-corrected chi connectivity index (χ0v) is 10.5. The van der Waals surface area contributed by atoms with Gasteiger partial charge in [-0.15, -0.1) is 0 Å². The number of nitrogens with zero attached hydrogens (tertiary/aromatic N) is 1. The Labute approximate surface area is 106 Å². The molecule has 0 aliphatic carbocycles. The molecule has 0 unspecified atom stereocenters. The van der Waals surface area contributed by atoms with E-state index in [2.05, 4.69) is 5.32 Å². The second-order valence-electron chi connectivity index (χ2n) is 4.39. The van der Waals surface area contributed by atoms with Gasteiger partial charge in [-0.05, 0) is 36.2 Å². The molecule has 1 amide bonds. The van der Waals surface area contributed by atoms with E-state index in [9.17, 15) is 9.90 Å². The molecule has 2 rings (SSSR count). The molecule has 0 saturated heterocycles. The van der Waals surface area contributed by atoms with Gasteiger partial charge in [0, 0.05) is 26.0 Å². The minimum absolute atomic E-state index is 0.0144. The Kier molecular flexibility index (Phi) is 3.37. The molecule has 0 aliphatic rings. The van der Waals surface area contributed by atoms with Crippen LogP contribution in [-0.2, 0) is 13.6 Å². The minimum atomic E-state index is -0.267. The van der Waals surface area contributed by atoms with Crippen LogP contribution in [0.2, 0.25) is 0 Å². The summed E-state index contributed by atoms with van der Waals surface area (Å²) in [5.41, 5.74) is 2.25. The third kappa shape index (κ3) is 2.71. The van der Waals surface area contributed by atoms with Gasteiger partial charge in [-0.25, -0.2) is 0 Å². The summed E-state index contributed by atoms with van der Waals surface area (Å²) in [5.74, 6) is -0.253. The van der Waals surface area contributed by atoms with Crippen molar-refractivity contribution in [3.8, 4) is 5.75 Å². The van der Waals surface area contributed by atoms with Crippen molar-refractivity contribution in [3.05, 3.63) is 53.3 Å². The highest BCUT2D eigenvalue weighted by Crippen LogP contribution is 2.18. The van der Waals surface area contributed by atoms with Gasteiger partial charge in [-0.1, -0.05) is 6.07 Å². The van der Waals surface area contributed by atoms with Gasteiger partial charge in [0.05, 0.1) is 5.56 Å². The van der Waals surface area contributed by atoms with Gasteiger partial charge >= 0.3 is 0 Å². The fourth-order valence-electron chi connectivity index (χ4n) is 1.78. The van der Waals surface area contributed by atoms with E-state index >= 15 is 0 Å². The second kappa shape index (κ2) is 4.96. The van der Waals surface area contributed by atoms with Crippen LogP contribution < -0.4 is 5.32 Å². The van der Waals surface area contributed by atoms with Crippen molar-refractivity contribution in [1.82, 2.24) is 9.88 Å². The van der Waals surface area contributed by atoms with Crippen LogP contribution in [0.1, 0.15) is 21.5 Å². The first-order valence-electron chi connectivity index (χ1n) is 5.75. The van der Waals surface area contributed by atoms with Gasteiger partial charge in [0.25, 0.3) is 5.91 Å².